The van der Waals surface area contributed by atoms with E-state index in [9.17, 15) is 0 Å². The molecule has 0 aliphatic carbocycles. The Morgan fingerprint density at radius 2 is 0.762 bits per heavy atom. The van der Waals surface area contributed by atoms with E-state index in [2.05, 4.69) is 108 Å². The molecule has 128 valence electrons. The molecule has 5 heteroatoms. The molecule has 0 fully saturated rings. The first kappa shape index (κ1) is 22.6. The number of rotatable bonds is 10. The molecule has 0 saturated carbocycles. The molecule has 0 atom stereocenters. The van der Waals surface area contributed by atoms with Gasteiger partial charge in [-0.2, -0.15) is 0 Å². The van der Waals surface area contributed by atoms with Gasteiger partial charge in [0.25, 0.3) is 0 Å². The second kappa shape index (κ2) is 10.5. The molecule has 21 heavy (non-hydrogen) atoms. The average molecular weight is 538 g/mol. The van der Waals surface area contributed by atoms with Crippen molar-refractivity contribution in [3.8, 4) is 0 Å². The van der Waals surface area contributed by atoms with Crippen LogP contribution in [0.1, 0.15) is 55.4 Å². The molecular weight excluding hydrogens is 502 g/mol. The molecule has 0 radical (unpaired) electrons. The van der Waals surface area contributed by atoms with Gasteiger partial charge in [0.2, 0.25) is 0 Å². The standard InChI is InChI=1S/C16H36I2N2Si/c1-13(2)9-19(10-14(3)4)21(17,18)20(11-15(5)6)12-16(7)8/h13-16H,9-12H2,1-8H3. The zero-order valence-corrected chi connectivity index (χ0v) is 20.6. The lowest BCUT2D eigenvalue weighted by Crippen LogP contribution is -2.60. The van der Waals surface area contributed by atoms with E-state index >= 15 is 0 Å². The second-order valence-corrected chi connectivity index (χ2v) is 25.4. The first-order valence-corrected chi connectivity index (χ1v) is 16.5. The molecule has 0 aliphatic rings. The van der Waals surface area contributed by atoms with Crippen molar-refractivity contribution in [1.29, 1.82) is 0 Å². The molecule has 0 unspecified atom stereocenters. The first-order valence-electron chi connectivity index (χ1n) is 8.34. The van der Waals surface area contributed by atoms with Crippen LogP contribution in [0.15, 0.2) is 0 Å². The molecule has 0 saturated heterocycles. The predicted molar refractivity (Wildman–Crippen MR) is 116 cm³/mol. The summed E-state index contributed by atoms with van der Waals surface area (Å²) in [5.41, 5.74) is 0. The number of halogens is 2. The number of nitrogens with zero attached hydrogens (tertiary/aromatic N) is 2. The largest absolute Gasteiger partial charge is 0.343 e. The van der Waals surface area contributed by atoms with Crippen LogP contribution in [0.25, 0.3) is 0 Å². The molecule has 0 bridgehead atoms. The average Bonchev–Trinajstić information content (AvgIpc) is 2.24. The lowest BCUT2D eigenvalue weighted by molar-refractivity contribution is 0.277. The Hall–Kier alpha value is 1.60. The van der Waals surface area contributed by atoms with Gasteiger partial charge in [0.15, 0.2) is 0 Å². The smallest absolute Gasteiger partial charge is 0.295 e. The maximum atomic E-state index is 2.81. The lowest BCUT2D eigenvalue weighted by atomic mass is 10.2. The summed E-state index contributed by atoms with van der Waals surface area (Å²) in [6, 6.07) is 0. The van der Waals surface area contributed by atoms with E-state index in [1.165, 1.54) is 26.2 Å². The zero-order chi connectivity index (χ0) is 16.8. The minimum atomic E-state index is -1.61. The van der Waals surface area contributed by atoms with Gasteiger partial charge in [0.05, 0.1) is 0 Å². The molecule has 0 rings (SSSR count). The monoisotopic (exact) mass is 538 g/mol. The summed E-state index contributed by atoms with van der Waals surface area (Å²) in [7, 11) is 0. The predicted octanol–water partition coefficient (Wildman–Crippen LogP) is 5.52. The highest BCUT2D eigenvalue weighted by molar-refractivity contribution is 14.3. The van der Waals surface area contributed by atoms with Gasteiger partial charge in [-0.3, -0.25) is 9.13 Å². The van der Waals surface area contributed by atoms with Crippen molar-refractivity contribution < 1.29 is 0 Å². The summed E-state index contributed by atoms with van der Waals surface area (Å²) in [5, 5.41) is 0. The molecule has 0 aromatic carbocycles. The van der Waals surface area contributed by atoms with Crippen molar-refractivity contribution in [3.63, 3.8) is 0 Å². The number of hydrogen-bond acceptors (Lipinski definition) is 2. The summed E-state index contributed by atoms with van der Waals surface area (Å²) in [4.78, 5) is 0. The Balaban J connectivity index is 5.22. The fourth-order valence-electron chi connectivity index (χ4n) is 2.55. The van der Waals surface area contributed by atoms with Crippen LogP contribution in [0, 0.1) is 23.7 Å². The topological polar surface area (TPSA) is 6.48 Å². The molecule has 0 aliphatic heterocycles. The third-order valence-corrected chi connectivity index (χ3v) is 13.5. The molecule has 0 spiro atoms. The van der Waals surface area contributed by atoms with Crippen LogP contribution in [0.3, 0.4) is 0 Å². The minimum absolute atomic E-state index is 0.736. The van der Waals surface area contributed by atoms with Gasteiger partial charge >= 0.3 is 3.39 Å². The Morgan fingerprint density at radius 1 is 0.571 bits per heavy atom. The molecule has 0 aromatic rings. The van der Waals surface area contributed by atoms with Gasteiger partial charge in [0.1, 0.15) is 0 Å². The van der Waals surface area contributed by atoms with Crippen LogP contribution in [-0.2, 0) is 0 Å². The third-order valence-electron chi connectivity index (χ3n) is 3.10. The molecule has 0 heterocycles. The van der Waals surface area contributed by atoms with Crippen LogP contribution in [0.2, 0.25) is 0 Å². The van der Waals surface area contributed by atoms with Crippen molar-refractivity contribution in [1.82, 2.24) is 9.13 Å². The van der Waals surface area contributed by atoms with E-state index in [1.54, 1.807) is 0 Å². The minimum Gasteiger partial charge on any atom is -0.295 e. The van der Waals surface area contributed by atoms with Crippen LogP contribution in [-0.4, -0.2) is 38.7 Å². The van der Waals surface area contributed by atoms with Gasteiger partial charge in [-0.1, -0.05) is 99.0 Å². The van der Waals surface area contributed by atoms with Crippen LogP contribution in [0.5, 0.6) is 0 Å². The highest BCUT2D eigenvalue weighted by atomic mass is 127. The summed E-state index contributed by atoms with van der Waals surface area (Å²) in [6.07, 6.45) is 0. The van der Waals surface area contributed by atoms with Crippen molar-refractivity contribution >= 4 is 47.0 Å². The maximum absolute atomic E-state index is 2.81. The Morgan fingerprint density at radius 3 is 0.905 bits per heavy atom. The Kier molecular flexibility index (Phi) is 11.3. The first-order chi connectivity index (χ1) is 9.46. The Bertz CT molecular complexity index is 235. The van der Waals surface area contributed by atoms with Crippen LogP contribution >= 0.6 is 43.6 Å². The van der Waals surface area contributed by atoms with Gasteiger partial charge in [0, 0.05) is 0 Å². The van der Waals surface area contributed by atoms with Gasteiger partial charge < -0.3 is 0 Å². The van der Waals surface area contributed by atoms with E-state index in [4.69, 9.17) is 0 Å². The number of hydrogen-bond donors (Lipinski definition) is 0. The van der Waals surface area contributed by atoms with E-state index in [1.807, 2.05) is 0 Å². The van der Waals surface area contributed by atoms with E-state index in [0.717, 1.165) is 23.7 Å². The lowest BCUT2D eigenvalue weighted by Gasteiger charge is -2.44. The van der Waals surface area contributed by atoms with E-state index < -0.39 is 3.39 Å². The van der Waals surface area contributed by atoms with Gasteiger partial charge in [-0.05, 0) is 49.9 Å². The maximum Gasteiger partial charge on any atom is 0.343 e. The summed E-state index contributed by atoms with van der Waals surface area (Å²) >= 11 is 5.62. The van der Waals surface area contributed by atoms with Crippen molar-refractivity contribution in [2.75, 3.05) is 26.2 Å². The molecule has 0 aromatic heterocycles. The van der Waals surface area contributed by atoms with Crippen LogP contribution < -0.4 is 0 Å². The normalized spacial score (nSPS) is 13.7. The van der Waals surface area contributed by atoms with Gasteiger partial charge in [-0.15, -0.1) is 0 Å². The molecule has 2 nitrogen and oxygen atoms in total. The highest BCUT2D eigenvalue weighted by Crippen LogP contribution is 2.33. The van der Waals surface area contributed by atoms with E-state index in [0.29, 0.717) is 0 Å². The fraction of sp³-hybridized carbons (Fsp3) is 1.00. The molecule has 0 amide bonds. The molecule has 0 N–H and O–H groups in total. The SMILES string of the molecule is CC(C)CN(CC(C)C)[Si](I)(I)N(CC(C)C)CC(C)C. The van der Waals surface area contributed by atoms with Crippen molar-refractivity contribution in [2.24, 2.45) is 23.7 Å². The third kappa shape index (κ3) is 9.47. The van der Waals surface area contributed by atoms with Crippen molar-refractivity contribution in [3.05, 3.63) is 0 Å². The van der Waals surface area contributed by atoms with Crippen LogP contribution in [0.4, 0.5) is 0 Å². The Labute approximate surface area is 160 Å². The van der Waals surface area contributed by atoms with Gasteiger partial charge in [-0.25, -0.2) is 0 Å². The molecular formula is C16H36I2N2Si. The van der Waals surface area contributed by atoms with Crippen molar-refractivity contribution in [2.45, 2.75) is 55.4 Å². The summed E-state index contributed by atoms with van der Waals surface area (Å²) in [5.74, 6) is 2.94. The fourth-order valence-corrected chi connectivity index (χ4v) is 10.0. The second-order valence-electron chi connectivity index (χ2n) is 7.89. The summed E-state index contributed by atoms with van der Waals surface area (Å²) < 4.78 is 4.02. The van der Waals surface area contributed by atoms with E-state index in [-0.39, 0.29) is 0 Å². The summed E-state index contributed by atoms with van der Waals surface area (Å²) in [6.45, 7) is 23.7. The zero-order valence-electron chi connectivity index (χ0n) is 15.3. The highest BCUT2D eigenvalue weighted by Gasteiger charge is 2.42. The quantitative estimate of drug-likeness (QED) is 0.206.